The first-order chi connectivity index (χ1) is 14.1. The van der Waals surface area contributed by atoms with Gasteiger partial charge in [-0.2, -0.15) is 5.26 Å². The Labute approximate surface area is 167 Å². The van der Waals surface area contributed by atoms with Crippen LogP contribution in [0.1, 0.15) is 18.1 Å². The fourth-order valence-corrected chi connectivity index (χ4v) is 3.53. The van der Waals surface area contributed by atoms with Crippen LogP contribution in [0.5, 0.6) is 11.5 Å². The summed E-state index contributed by atoms with van der Waals surface area (Å²) in [6.07, 6.45) is 2.14. The topological polar surface area (TPSA) is 88.9 Å². The van der Waals surface area contributed by atoms with Gasteiger partial charge in [0.25, 0.3) is 5.91 Å². The molecule has 0 saturated carbocycles. The Bertz CT molecular complexity index is 1050. The first-order valence-corrected chi connectivity index (χ1v) is 9.15. The average molecular weight is 390 g/mol. The maximum atomic E-state index is 12.6. The van der Waals surface area contributed by atoms with Gasteiger partial charge in [-0.15, -0.1) is 0 Å². The van der Waals surface area contributed by atoms with Crippen LogP contribution >= 0.6 is 0 Å². The normalized spacial score (nSPS) is 16.9. The summed E-state index contributed by atoms with van der Waals surface area (Å²) in [5, 5.41) is 9.33. The average Bonchev–Trinajstić information content (AvgIpc) is 3.32. The van der Waals surface area contributed by atoms with E-state index in [-0.39, 0.29) is 24.3 Å². The summed E-state index contributed by atoms with van der Waals surface area (Å²) in [6, 6.07) is 14.5. The second kappa shape index (κ2) is 7.68. The van der Waals surface area contributed by atoms with Crippen molar-refractivity contribution in [1.29, 1.82) is 5.26 Å². The monoisotopic (exact) mass is 390 g/mol. The molecule has 2 aromatic carbocycles. The van der Waals surface area contributed by atoms with E-state index in [1.54, 1.807) is 23.1 Å². The summed E-state index contributed by atoms with van der Waals surface area (Å²) in [7, 11) is 0. The van der Waals surface area contributed by atoms with Crippen molar-refractivity contribution in [2.45, 2.75) is 19.4 Å². The molecule has 2 heterocycles. The highest BCUT2D eigenvalue weighted by molar-refractivity contribution is 6.01. The molecule has 4 rings (SSSR count). The van der Waals surface area contributed by atoms with Crippen LogP contribution in [0.4, 0.5) is 5.69 Å². The zero-order valence-corrected chi connectivity index (χ0v) is 15.8. The fourth-order valence-electron chi connectivity index (χ4n) is 3.53. The number of benzene rings is 2. The van der Waals surface area contributed by atoms with E-state index >= 15 is 0 Å². The van der Waals surface area contributed by atoms with Gasteiger partial charge in [-0.1, -0.05) is 24.3 Å². The van der Waals surface area contributed by atoms with Gasteiger partial charge >= 0.3 is 5.97 Å². The fraction of sp³-hybridized carbons (Fsp3) is 0.227. The molecule has 0 aromatic heterocycles. The highest BCUT2D eigenvalue weighted by atomic mass is 16.7. The van der Waals surface area contributed by atoms with Crippen molar-refractivity contribution in [3.05, 3.63) is 59.2 Å². The predicted molar refractivity (Wildman–Crippen MR) is 104 cm³/mol. The lowest BCUT2D eigenvalue weighted by Gasteiger charge is -2.22. The van der Waals surface area contributed by atoms with Gasteiger partial charge in [-0.3, -0.25) is 4.79 Å². The van der Waals surface area contributed by atoms with E-state index in [1.807, 2.05) is 37.3 Å². The minimum atomic E-state index is -0.848. The van der Waals surface area contributed by atoms with Gasteiger partial charge in [-0.05, 0) is 48.7 Å². The van der Waals surface area contributed by atoms with E-state index in [1.165, 1.54) is 6.08 Å². The molecule has 0 saturated heterocycles. The number of hydrogen-bond donors (Lipinski definition) is 0. The lowest BCUT2D eigenvalue weighted by Crippen LogP contribution is -2.38. The third-order valence-corrected chi connectivity index (χ3v) is 4.85. The SMILES string of the molecule is C[C@H]1Cc2ccccc2N1C(=O)COC(=O)/C(C#N)=C/c1ccc2c(c1)OCO2. The van der Waals surface area contributed by atoms with Crippen LogP contribution in [0.15, 0.2) is 48.0 Å². The molecule has 0 bridgehead atoms. The van der Waals surface area contributed by atoms with Gasteiger partial charge in [0.1, 0.15) is 11.6 Å². The molecule has 1 atom stereocenters. The number of nitriles is 1. The Morgan fingerprint density at radius 3 is 2.86 bits per heavy atom. The smallest absolute Gasteiger partial charge is 0.349 e. The molecular formula is C22H18N2O5. The first-order valence-electron chi connectivity index (χ1n) is 9.15. The zero-order valence-electron chi connectivity index (χ0n) is 15.8. The van der Waals surface area contributed by atoms with Crippen LogP contribution in [0.25, 0.3) is 6.08 Å². The zero-order chi connectivity index (χ0) is 20.4. The molecule has 0 unspecified atom stereocenters. The van der Waals surface area contributed by atoms with Crippen molar-refractivity contribution >= 4 is 23.6 Å². The summed E-state index contributed by atoms with van der Waals surface area (Å²) in [5.74, 6) is -0.0232. The Hall–Kier alpha value is -3.79. The molecule has 29 heavy (non-hydrogen) atoms. The second-order valence-corrected chi connectivity index (χ2v) is 6.80. The second-order valence-electron chi connectivity index (χ2n) is 6.80. The number of rotatable bonds is 4. The number of nitrogens with zero attached hydrogens (tertiary/aromatic N) is 2. The van der Waals surface area contributed by atoms with E-state index in [4.69, 9.17) is 14.2 Å². The summed E-state index contributed by atoms with van der Waals surface area (Å²) >= 11 is 0. The van der Waals surface area contributed by atoms with E-state index in [9.17, 15) is 14.9 Å². The van der Waals surface area contributed by atoms with Crippen molar-refractivity contribution in [3.63, 3.8) is 0 Å². The van der Waals surface area contributed by atoms with Crippen molar-refractivity contribution in [2.24, 2.45) is 0 Å². The summed E-state index contributed by atoms with van der Waals surface area (Å²) in [4.78, 5) is 26.6. The number of ether oxygens (including phenoxy) is 3. The maximum Gasteiger partial charge on any atom is 0.349 e. The number of amides is 1. The van der Waals surface area contributed by atoms with Gasteiger partial charge in [0.05, 0.1) is 0 Å². The molecular weight excluding hydrogens is 372 g/mol. The standard InChI is InChI=1S/C22H18N2O5/c1-14-8-16-4-2-3-5-18(16)24(14)21(25)12-27-22(26)17(11-23)9-15-6-7-19-20(10-15)29-13-28-19/h2-7,9-10,14H,8,12-13H2,1H3/b17-9+/t14-/m0/s1. The van der Waals surface area contributed by atoms with E-state index in [0.29, 0.717) is 17.1 Å². The molecule has 0 spiro atoms. The highest BCUT2D eigenvalue weighted by Gasteiger charge is 2.31. The molecule has 0 aliphatic carbocycles. The molecule has 146 valence electrons. The van der Waals surface area contributed by atoms with Gasteiger partial charge in [-0.25, -0.2) is 4.79 Å². The Kier molecular flexibility index (Phi) is 4.92. The number of hydrogen-bond acceptors (Lipinski definition) is 6. The lowest BCUT2D eigenvalue weighted by molar-refractivity contribution is -0.143. The number of esters is 1. The highest BCUT2D eigenvalue weighted by Crippen LogP contribution is 2.33. The first kappa shape index (κ1) is 18.6. The summed E-state index contributed by atoms with van der Waals surface area (Å²) in [5.41, 5.74) is 2.31. The van der Waals surface area contributed by atoms with Crippen LogP contribution in [-0.4, -0.2) is 31.3 Å². The number of fused-ring (bicyclic) bond motifs is 2. The number of anilines is 1. The minimum Gasteiger partial charge on any atom is -0.454 e. The van der Waals surface area contributed by atoms with Gasteiger partial charge in [0.2, 0.25) is 6.79 Å². The van der Waals surface area contributed by atoms with E-state index in [2.05, 4.69) is 0 Å². The van der Waals surface area contributed by atoms with E-state index in [0.717, 1.165) is 17.7 Å². The van der Waals surface area contributed by atoms with Gasteiger partial charge in [0, 0.05) is 11.7 Å². The van der Waals surface area contributed by atoms with Crippen LogP contribution in [0.3, 0.4) is 0 Å². The molecule has 7 heteroatoms. The van der Waals surface area contributed by atoms with Crippen molar-refractivity contribution < 1.29 is 23.8 Å². The molecule has 7 nitrogen and oxygen atoms in total. The Balaban J connectivity index is 1.43. The van der Waals surface area contributed by atoms with Crippen molar-refractivity contribution in [1.82, 2.24) is 0 Å². The predicted octanol–water partition coefficient (Wildman–Crippen LogP) is 2.84. The van der Waals surface area contributed by atoms with Gasteiger partial charge in [0.15, 0.2) is 18.1 Å². The summed E-state index contributed by atoms with van der Waals surface area (Å²) in [6.45, 7) is 1.65. The van der Waals surface area contributed by atoms with Crippen molar-refractivity contribution in [3.8, 4) is 17.6 Å². The summed E-state index contributed by atoms with van der Waals surface area (Å²) < 4.78 is 15.6. The Morgan fingerprint density at radius 1 is 1.24 bits per heavy atom. The van der Waals surface area contributed by atoms with Crippen LogP contribution < -0.4 is 14.4 Å². The molecule has 0 fully saturated rings. The van der Waals surface area contributed by atoms with E-state index < -0.39 is 12.6 Å². The minimum absolute atomic E-state index is 0.0155. The lowest BCUT2D eigenvalue weighted by atomic mass is 10.1. The van der Waals surface area contributed by atoms with Crippen molar-refractivity contribution in [2.75, 3.05) is 18.3 Å². The van der Waals surface area contributed by atoms with Crippen LogP contribution in [0, 0.1) is 11.3 Å². The molecule has 2 aromatic rings. The molecule has 0 radical (unpaired) electrons. The largest absolute Gasteiger partial charge is 0.454 e. The molecule has 1 amide bonds. The van der Waals surface area contributed by atoms with Crippen LogP contribution in [-0.2, 0) is 20.7 Å². The number of carbonyl (C=O) groups excluding carboxylic acids is 2. The third-order valence-electron chi connectivity index (χ3n) is 4.85. The van der Waals surface area contributed by atoms with Gasteiger partial charge < -0.3 is 19.1 Å². The molecule has 0 N–H and O–H groups in total. The maximum absolute atomic E-state index is 12.6. The Morgan fingerprint density at radius 2 is 2.03 bits per heavy atom. The quantitative estimate of drug-likeness (QED) is 0.453. The molecule has 2 aliphatic heterocycles. The third kappa shape index (κ3) is 3.65. The number of carbonyl (C=O) groups is 2. The molecule has 2 aliphatic rings. The van der Waals surface area contributed by atoms with Crippen LogP contribution in [0.2, 0.25) is 0 Å². The number of para-hydroxylation sites is 1.